The SMILES string of the molecule is CCOC(=O)c1nc(COC(=O)CCNC(=O)c2ccco2)cs1. The molecule has 24 heavy (non-hydrogen) atoms. The lowest BCUT2D eigenvalue weighted by atomic mass is 10.4. The van der Waals surface area contributed by atoms with Gasteiger partial charge in [-0.05, 0) is 19.1 Å². The Morgan fingerprint density at radius 1 is 1.33 bits per heavy atom. The monoisotopic (exact) mass is 352 g/mol. The summed E-state index contributed by atoms with van der Waals surface area (Å²) in [7, 11) is 0. The molecule has 2 aromatic heterocycles. The van der Waals surface area contributed by atoms with Crippen molar-refractivity contribution in [3.05, 3.63) is 40.2 Å². The van der Waals surface area contributed by atoms with Gasteiger partial charge in [-0.15, -0.1) is 11.3 Å². The smallest absolute Gasteiger partial charge is 0.367 e. The summed E-state index contributed by atoms with van der Waals surface area (Å²) in [6, 6.07) is 3.12. The highest BCUT2D eigenvalue weighted by Crippen LogP contribution is 2.12. The summed E-state index contributed by atoms with van der Waals surface area (Å²) in [5.41, 5.74) is 0.469. The summed E-state index contributed by atoms with van der Waals surface area (Å²) < 4.78 is 14.8. The minimum Gasteiger partial charge on any atom is -0.461 e. The third-order valence-corrected chi connectivity index (χ3v) is 3.61. The number of furan rings is 1. The van der Waals surface area contributed by atoms with Crippen LogP contribution in [0.25, 0.3) is 0 Å². The zero-order chi connectivity index (χ0) is 17.4. The predicted molar refractivity (Wildman–Crippen MR) is 83.5 cm³/mol. The molecule has 2 heterocycles. The molecule has 0 unspecified atom stereocenters. The molecule has 0 saturated carbocycles. The minimum atomic E-state index is -0.499. The van der Waals surface area contributed by atoms with E-state index in [-0.39, 0.29) is 36.9 Å². The van der Waals surface area contributed by atoms with Crippen LogP contribution in [0.2, 0.25) is 0 Å². The second-order valence-electron chi connectivity index (χ2n) is 4.51. The van der Waals surface area contributed by atoms with Crippen LogP contribution in [-0.2, 0) is 20.9 Å². The molecule has 0 aliphatic rings. The average Bonchev–Trinajstić information content (AvgIpc) is 3.24. The molecule has 0 aliphatic heterocycles. The first kappa shape index (κ1) is 17.7. The van der Waals surface area contributed by atoms with Gasteiger partial charge in [0.05, 0.1) is 25.0 Å². The number of rotatable bonds is 8. The third-order valence-electron chi connectivity index (χ3n) is 2.74. The number of esters is 2. The highest BCUT2D eigenvalue weighted by molar-refractivity contribution is 7.11. The van der Waals surface area contributed by atoms with Crippen molar-refractivity contribution in [3.8, 4) is 0 Å². The molecule has 1 N–H and O–H groups in total. The molecule has 2 rings (SSSR count). The van der Waals surface area contributed by atoms with Crippen molar-refractivity contribution in [1.82, 2.24) is 10.3 Å². The lowest BCUT2D eigenvalue weighted by Crippen LogP contribution is -2.26. The van der Waals surface area contributed by atoms with Gasteiger partial charge in [0.15, 0.2) is 5.76 Å². The number of amides is 1. The van der Waals surface area contributed by atoms with Crippen LogP contribution in [0, 0.1) is 0 Å². The van der Waals surface area contributed by atoms with Gasteiger partial charge >= 0.3 is 11.9 Å². The van der Waals surface area contributed by atoms with Crippen LogP contribution < -0.4 is 5.32 Å². The Kier molecular flexibility index (Phi) is 6.50. The summed E-state index contributed by atoms with van der Waals surface area (Å²) in [5.74, 6) is -1.20. The van der Waals surface area contributed by atoms with E-state index in [4.69, 9.17) is 13.9 Å². The number of nitrogens with one attached hydrogen (secondary N) is 1. The van der Waals surface area contributed by atoms with Gasteiger partial charge in [0.1, 0.15) is 6.61 Å². The second kappa shape index (κ2) is 8.82. The first-order chi connectivity index (χ1) is 11.6. The summed E-state index contributed by atoms with van der Waals surface area (Å²) in [5, 5.41) is 4.38. The molecule has 0 fully saturated rings. The van der Waals surface area contributed by atoms with E-state index < -0.39 is 17.8 Å². The Morgan fingerprint density at radius 3 is 2.88 bits per heavy atom. The lowest BCUT2D eigenvalue weighted by Gasteiger charge is -2.04. The highest BCUT2D eigenvalue weighted by atomic mass is 32.1. The molecule has 0 atom stereocenters. The maximum atomic E-state index is 11.6. The summed E-state index contributed by atoms with van der Waals surface area (Å²) in [6.45, 7) is 2.07. The first-order valence-corrected chi connectivity index (χ1v) is 8.07. The number of carbonyl (C=O) groups is 3. The Labute approximate surface area is 141 Å². The first-order valence-electron chi connectivity index (χ1n) is 7.19. The maximum absolute atomic E-state index is 11.6. The fourth-order valence-electron chi connectivity index (χ4n) is 1.66. The molecule has 2 aromatic rings. The molecular weight excluding hydrogens is 336 g/mol. The average molecular weight is 352 g/mol. The molecular formula is C15H16N2O6S. The number of ether oxygens (including phenoxy) is 2. The van der Waals surface area contributed by atoms with Crippen LogP contribution in [0.15, 0.2) is 28.2 Å². The standard InChI is InChI=1S/C15H16N2O6S/c1-2-21-15(20)14-17-10(9-24-14)8-23-12(18)5-6-16-13(19)11-4-3-7-22-11/h3-4,7,9H,2,5-6,8H2,1H3,(H,16,19). The maximum Gasteiger partial charge on any atom is 0.367 e. The van der Waals surface area contributed by atoms with Gasteiger partial charge in [0, 0.05) is 11.9 Å². The zero-order valence-electron chi connectivity index (χ0n) is 12.9. The summed E-state index contributed by atoms with van der Waals surface area (Å²) >= 11 is 1.13. The Morgan fingerprint density at radius 2 is 2.17 bits per heavy atom. The molecule has 9 heteroatoms. The van der Waals surface area contributed by atoms with E-state index in [1.54, 1.807) is 18.4 Å². The van der Waals surface area contributed by atoms with E-state index in [0.29, 0.717) is 5.69 Å². The number of thiazole rings is 1. The van der Waals surface area contributed by atoms with Crippen molar-refractivity contribution in [1.29, 1.82) is 0 Å². The van der Waals surface area contributed by atoms with Crippen molar-refractivity contribution in [2.45, 2.75) is 20.0 Å². The fraction of sp³-hybridized carbons (Fsp3) is 0.333. The molecule has 0 radical (unpaired) electrons. The topological polar surface area (TPSA) is 108 Å². The highest BCUT2D eigenvalue weighted by Gasteiger charge is 2.13. The molecule has 0 aliphatic carbocycles. The van der Waals surface area contributed by atoms with Crippen LogP contribution in [0.1, 0.15) is 39.4 Å². The van der Waals surface area contributed by atoms with Gasteiger partial charge in [0.25, 0.3) is 5.91 Å². The lowest BCUT2D eigenvalue weighted by molar-refractivity contribution is -0.144. The van der Waals surface area contributed by atoms with E-state index in [2.05, 4.69) is 10.3 Å². The molecule has 0 saturated heterocycles. The fourth-order valence-corrected chi connectivity index (χ4v) is 2.35. The van der Waals surface area contributed by atoms with Crippen LogP contribution in [0.5, 0.6) is 0 Å². The van der Waals surface area contributed by atoms with Crippen molar-refractivity contribution >= 4 is 29.2 Å². The van der Waals surface area contributed by atoms with Crippen molar-refractivity contribution in [2.75, 3.05) is 13.2 Å². The van der Waals surface area contributed by atoms with Crippen LogP contribution in [0.3, 0.4) is 0 Å². The molecule has 0 aromatic carbocycles. The number of carbonyl (C=O) groups excluding carboxylic acids is 3. The third kappa shape index (κ3) is 5.20. The second-order valence-corrected chi connectivity index (χ2v) is 5.37. The number of hydrogen-bond acceptors (Lipinski definition) is 8. The van der Waals surface area contributed by atoms with Gasteiger partial charge in [0.2, 0.25) is 5.01 Å². The summed E-state index contributed by atoms with van der Waals surface area (Å²) in [4.78, 5) is 38.7. The van der Waals surface area contributed by atoms with Crippen molar-refractivity contribution in [3.63, 3.8) is 0 Å². The van der Waals surface area contributed by atoms with E-state index in [0.717, 1.165) is 11.3 Å². The Balaban J connectivity index is 1.68. The van der Waals surface area contributed by atoms with Crippen LogP contribution >= 0.6 is 11.3 Å². The van der Waals surface area contributed by atoms with E-state index in [1.165, 1.54) is 12.3 Å². The van der Waals surface area contributed by atoms with Gasteiger partial charge in [-0.3, -0.25) is 9.59 Å². The molecule has 8 nitrogen and oxygen atoms in total. The van der Waals surface area contributed by atoms with Crippen LogP contribution in [-0.4, -0.2) is 36.0 Å². The van der Waals surface area contributed by atoms with E-state index in [1.807, 2.05) is 0 Å². The number of hydrogen-bond donors (Lipinski definition) is 1. The van der Waals surface area contributed by atoms with Gasteiger partial charge in [-0.2, -0.15) is 0 Å². The normalized spacial score (nSPS) is 10.2. The number of nitrogens with zero attached hydrogens (tertiary/aromatic N) is 1. The van der Waals surface area contributed by atoms with Gasteiger partial charge < -0.3 is 19.2 Å². The van der Waals surface area contributed by atoms with Gasteiger partial charge in [-0.25, -0.2) is 9.78 Å². The molecule has 0 spiro atoms. The van der Waals surface area contributed by atoms with Crippen molar-refractivity contribution in [2.24, 2.45) is 0 Å². The van der Waals surface area contributed by atoms with E-state index >= 15 is 0 Å². The zero-order valence-corrected chi connectivity index (χ0v) is 13.8. The molecule has 1 amide bonds. The predicted octanol–water partition coefficient (Wildman–Crippen LogP) is 1.78. The Bertz CT molecular complexity index is 695. The summed E-state index contributed by atoms with van der Waals surface area (Å²) in [6.07, 6.45) is 1.41. The van der Waals surface area contributed by atoms with Gasteiger partial charge in [-0.1, -0.05) is 0 Å². The quantitative estimate of drug-likeness (QED) is 0.721. The van der Waals surface area contributed by atoms with Crippen LogP contribution in [0.4, 0.5) is 0 Å². The largest absolute Gasteiger partial charge is 0.461 e. The molecule has 128 valence electrons. The van der Waals surface area contributed by atoms with Crippen molar-refractivity contribution < 1.29 is 28.3 Å². The van der Waals surface area contributed by atoms with E-state index in [9.17, 15) is 14.4 Å². The minimum absolute atomic E-state index is 0.0152. The number of aromatic nitrogens is 1. The molecule has 0 bridgehead atoms. The Hall–Kier alpha value is -2.68.